The largest absolute Gasteiger partial charge is 0.310 e. The van der Waals surface area contributed by atoms with Gasteiger partial charge in [-0.1, -0.05) is 18.2 Å². The molecule has 3 heterocycles. The molecule has 0 spiro atoms. The van der Waals surface area contributed by atoms with Gasteiger partial charge in [0.05, 0.1) is 17.8 Å². The van der Waals surface area contributed by atoms with E-state index in [0.717, 1.165) is 22.6 Å². The fraction of sp³-hybridized carbons (Fsp3) is 0.211. The molecule has 28 heavy (non-hydrogen) atoms. The van der Waals surface area contributed by atoms with Crippen LogP contribution in [0.1, 0.15) is 22.6 Å². The van der Waals surface area contributed by atoms with Crippen molar-refractivity contribution in [2.45, 2.75) is 27.2 Å². The van der Waals surface area contributed by atoms with Crippen LogP contribution in [0.4, 0.5) is 5.82 Å². The second kappa shape index (κ2) is 7.01. The van der Waals surface area contributed by atoms with Crippen LogP contribution < -0.4 is 10.9 Å². The number of carbonyl (C=O) groups excluding carboxylic acids is 1. The predicted octanol–water partition coefficient (Wildman–Crippen LogP) is 2.44. The van der Waals surface area contributed by atoms with Crippen molar-refractivity contribution < 1.29 is 4.79 Å². The van der Waals surface area contributed by atoms with Crippen molar-refractivity contribution in [2.75, 3.05) is 5.32 Å². The van der Waals surface area contributed by atoms with Crippen LogP contribution in [0.25, 0.3) is 10.6 Å². The van der Waals surface area contributed by atoms with E-state index in [4.69, 9.17) is 0 Å². The Kier molecular flexibility index (Phi) is 4.52. The third-order valence-electron chi connectivity index (χ3n) is 4.49. The number of nitrogens with zero attached hydrogens (tertiary/aromatic N) is 5. The third kappa shape index (κ3) is 3.20. The molecule has 9 heteroatoms. The van der Waals surface area contributed by atoms with Gasteiger partial charge >= 0.3 is 0 Å². The van der Waals surface area contributed by atoms with E-state index in [-0.39, 0.29) is 23.6 Å². The van der Waals surface area contributed by atoms with E-state index in [2.05, 4.69) is 20.5 Å². The van der Waals surface area contributed by atoms with E-state index in [0.29, 0.717) is 10.8 Å². The maximum atomic E-state index is 12.7. The fourth-order valence-corrected chi connectivity index (χ4v) is 3.77. The van der Waals surface area contributed by atoms with E-state index in [1.165, 1.54) is 15.9 Å². The van der Waals surface area contributed by atoms with Crippen molar-refractivity contribution in [3.63, 3.8) is 0 Å². The summed E-state index contributed by atoms with van der Waals surface area (Å²) in [5.74, 6) is 0.308. The van der Waals surface area contributed by atoms with Crippen molar-refractivity contribution in [3.05, 3.63) is 68.7 Å². The number of rotatable bonds is 4. The molecule has 142 valence electrons. The van der Waals surface area contributed by atoms with Crippen LogP contribution in [0.3, 0.4) is 0 Å². The van der Waals surface area contributed by atoms with Gasteiger partial charge in [0.15, 0.2) is 0 Å². The zero-order valence-corrected chi connectivity index (χ0v) is 16.4. The lowest BCUT2D eigenvalue weighted by Gasteiger charge is -2.06. The Hall–Kier alpha value is -3.33. The SMILES string of the molecule is Cc1nn(-c2ccccc2)c(C)c1CC(=O)Nc1csc2nc(=O)c(C)nn12. The summed E-state index contributed by atoms with van der Waals surface area (Å²) < 4.78 is 3.32. The first-order chi connectivity index (χ1) is 13.4. The maximum Gasteiger partial charge on any atom is 0.295 e. The number of carbonyl (C=O) groups is 1. The minimum atomic E-state index is -0.362. The summed E-state index contributed by atoms with van der Waals surface area (Å²) in [5.41, 5.74) is 3.49. The Morgan fingerprint density at radius 2 is 1.86 bits per heavy atom. The van der Waals surface area contributed by atoms with Crippen LogP contribution >= 0.6 is 11.3 Å². The van der Waals surface area contributed by atoms with Gasteiger partial charge in [0.1, 0.15) is 11.5 Å². The molecule has 0 aliphatic carbocycles. The van der Waals surface area contributed by atoms with Gasteiger partial charge in [-0.2, -0.15) is 19.7 Å². The van der Waals surface area contributed by atoms with Crippen LogP contribution in [0.2, 0.25) is 0 Å². The lowest BCUT2D eigenvalue weighted by atomic mass is 10.1. The lowest BCUT2D eigenvalue weighted by Crippen LogP contribution is -2.19. The van der Waals surface area contributed by atoms with Gasteiger partial charge < -0.3 is 5.32 Å². The number of anilines is 1. The van der Waals surface area contributed by atoms with Gasteiger partial charge in [-0.25, -0.2) is 4.68 Å². The van der Waals surface area contributed by atoms with E-state index in [9.17, 15) is 9.59 Å². The number of fused-ring (bicyclic) bond motifs is 1. The molecule has 0 atom stereocenters. The summed E-state index contributed by atoms with van der Waals surface area (Å²) in [5, 5.41) is 13.4. The van der Waals surface area contributed by atoms with Crippen molar-refractivity contribution in [2.24, 2.45) is 0 Å². The standard InChI is InChI=1S/C19H18N6O2S/c1-11-15(13(3)24(22-11)14-7-5-4-6-8-14)9-17(26)20-16-10-28-19-21-18(27)12(2)23-25(16)19/h4-8,10H,9H2,1-3H3,(H,20,26). The molecule has 0 radical (unpaired) electrons. The highest BCUT2D eigenvalue weighted by Gasteiger charge is 2.17. The van der Waals surface area contributed by atoms with Crippen LogP contribution in [0.15, 0.2) is 40.5 Å². The summed E-state index contributed by atoms with van der Waals surface area (Å²) in [6.07, 6.45) is 0.189. The van der Waals surface area contributed by atoms with E-state index in [1.807, 2.05) is 48.9 Å². The molecule has 4 aromatic rings. The Balaban J connectivity index is 1.59. The van der Waals surface area contributed by atoms with E-state index < -0.39 is 0 Å². The Bertz CT molecular complexity index is 1240. The average Bonchev–Trinajstić information content (AvgIpc) is 3.18. The Morgan fingerprint density at radius 1 is 1.11 bits per heavy atom. The number of amides is 1. The van der Waals surface area contributed by atoms with E-state index in [1.54, 1.807) is 12.3 Å². The second-order valence-corrected chi connectivity index (χ2v) is 7.28. The third-order valence-corrected chi connectivity index (χ3v) is 5.30. The topological polar surface area (TPSA) is 94.2 Å². The minimum absolute atomic E-state index is 0.184. The molecule has 1 amide bonds. The number of aromatic nitrogens is 5. The molecule has 0 bridgehead atoms. The number of hydrogen-bond donors (Lipinski definition) is 1. The first-order valence-electron chi connectivity index (χ1n) is 8.69. The summed E-state index contributed by atoms with van der Waals surface area (Å²) in [4.78, 5) is 28.7. The molecule has 8 nitrogen and oxygen atoms in total. The Morgan fingerprint density at radius 3 is 2.61 bits per heavy atom. The highest BCUT2D eigenvalue weighted by atomic mass is 32.1. The number of thiazole rings is 1. The zero-order valence-electron chi connectivity index (χ0n) is 15.6. The predicted molar refractivity (Wildman–Crippen MR) is 107 cm³/mol. The molecule has 4 rings (SSSR count). The molecule has 0 saturated carbocycles. The molecule has 3 aromatic heterocycles. The van der Waals surface area contributed by atoms with E-state index >= 15 is 0 Å². The number of hydrogen-bond acceptors (Lipinski definition) is 6. The van der Waals surface area contributed by atoms with Gasteiger partial charge in [-0.05, 0) is 32.9 Å². The molecule has 1 N–H and O–H groups in total. The molecule has 0 aliphatic heterocycles. The maximum absolute atomic E-state index is 12.7. The van der Waals surface area contributed by atoms with Crippen molar-refractivity contribution in [3.8, 4) is 5.69 Å². The molecular weight excluding hydrogens is 376 g/mol. The van der Waals surface area contributed by atoms with Crippen LogP contribution in [0.5, 0.6) is 0 Å². The van der Waals surface area contributed by atoms with Crippen molar-refractivity contribution in [1.82, 2.24) is 24.4 Å². The lowest BCUT2D eigenvalue weighted by molar-refractivity contribution is -0.115. The van der Waals surface area contributed by atoms with Gasteiger partial charge in [0.2, 0.25) is 10.9 Å². The Labute approximate surface area is 164 Å². The highest BCUT2D eigenvalue weighted by Crippen LogP contribution is 2.20. The minimum Gasteiger partial charge on any atom is -0.310 e. The number of benzene rings is 1. The van der Waals surface area contributed by atoms with Crippen molar-refractivity contribution >= 4 is 28.0 Å². The monoisotopic (exact) mass is 394 g/mol. The van der Waals surface area contributed by atoms with Gasteiger partial charge in [0.25, 0.3) is 5.56 Å². The van der Waals surface area contributed by atoms with Gasteiger partial charge in [-0.15, -0.1) is 11.3 Å². The smallest absolute Gasteiger partial charge is 0.295 e. The second-order valence-electron chi connectivity index (χ2n) is 6.44. The van der Waals surface area contributed by atoms with Crippen LogP contribution in [-0.4, -0.2) is 30.3 Å². The normalized spacial score (nSPS) is 11.1. The molecule has 0 saturated heterocycles. The summed E-state index contributed by atoms with van der Waals surface area (Å²) >= 11 is 1.25. The van der Waals surface area contributed by atoms with Crippen LogP contribution in [-0.2, 0) is 11.2 Å². The molecular formula is C19H18N6O2S. The molecule has 0 aliphatic rings. The summed E-state index contributed by atoms with van der Waals surface area (Å²) in [6, 6.07) is 9.80. The number of nitrogens with one attached hydrogen (secondary N) is 1. The average molecular weight is 394 g/mol. The molecule has 1 aromatic carbocycles. The first-order valence-corrected chi connectivity index (χ1v) is 9.57. The summed E-state index contributed by atoms with van der Waals surface area (Å²) in [6.45, 7) is 5.44. The summed E-state index contributed by atoms with van der Waals surface area (Å²) in [7, 11) is 0. The zero-order chi connectivity index (χ0) is 19.8. The molecule has 0 unspecified atom stereocenters. The van der Waals surface area contributed by atoms with Gasteiger partial charge in [-0.3, -0.25) is 9.59 Å². The van der Waals surface area contributed by atoms with Crippen molar-refractivity contribution in [1.29, 1.82) is 0 Å². The highest BCUT2D eigenvalue weighted by molar-refractivity contribution is 7.15. The van der Waals surface area contributed by atoms with Crippen LogP contribution in [0, 0.1) is 20.8 Å². The fourth-order valence-electron chi connectivity index (χ4n) is 3.02. The number of para-hydroxylation sites is 1. The first kappa shape index (κ1) is 18.1. The molecule has 0 fully saturated rings. The quantitative estimate of drug-likeness (QED) is 0.574. The number of aryl methyl sites for hydroxylation is 2. The van der Waals surface area contributed by atoms with Gasteiger partial charge in [0, 0.05) is 16.6 Å².